The van der Waals surface area contributed by atoms with Crippen LogP contribution < -0.4 is 0 Å². The van der Waals surface area contributed by atoms with E-state index in [1.165, 1.54) is 84.5 Å². The molecule has 0 aliphatic rings. The maximum absolute atomic E-state index is 12.4. The molecule has 276 valence electrons. The molecule has 6 heterocycles. The standard InChI is InChI=1S/C42H48O4S6/c1-7-11-13-27(9-3)23-45-33(43)21-17-29-15-19-31(47-29)35-25(5)37-39(49-35)41-42(51-37)40-38(52-41)26(6)36(50-40)32-20-16-30(48-32)18-22-34(44)46-24-28(10-4)14-12-8-2/h15-22,27-28H,7-14,23-24H2,1-6H3/b21-17+,22-18+. The Morgan fingerprint density at radius 2 is 0.981 bits per heavy atom. The van der Waals surface area contributed by atoms with Crippen molar-refractivity contribution < 1.29 is 19.1 Å². The van der Waals surface area contributed by atoms with Crippen LogP contribution in [-0.4, -0.2) is 25.2 Å². The molecule has 6 rings (SSSR count). The Hall–Kier alpha value is -2.60. The van der Waals surface area contributed by atoms with Crippen LogP contribution in [0.4, 0.5) is 0 Å². The zero-order valence-corrected chi connectivity index (χ0v) is 35.8. The van der Waals surface area contributed by atoms with E-state index in [1.54, 1.807) is 34.8 Å². The fraction of sp³-hybridized carbons (Fsp3) is 0.429. The average Bonchev–Trinajstić information content (AvgIpc) is 4.00. The molecule has 10 heteroatoms. The summed E-state index contributed by atoms with van der Waals surface area (Å²) in [5.74, 6) is 0.364. The number of aryl methyl sites for hydroxylation is 2. The Labute approximate surface area is 331 Å². The summed E-state index contributed by atoms with van der Waals surface area (Å²) in [5, 5.41) is 0. The summed E-state index contributed by atoms with van der Waals surface area (Å²) in [6, 6.07) is 8.56. The van der Waals surface area contributed by atoms with Gasteiger partial charge in [-0.05, 0) is 86.1 Å². The van der Waals surface area contributed by atoms with Gasteiger partial charge in [-0.3, -0.25) is 0 Å². The molecule has 0 bridgehead atoms. The van der Waals surface area contributed by atoms with Crippen molar-refractivity contribution in [1.82, 2.24) is 0 Å². The molecule has 0 fully saturated rings. The van der Waals surface area contributed by atoms with E-state index < -0.39 is 0 Å². The third-order valence-corrected chi connectivity index (χ3v) is 18.1. The molecule has 0 saturated carbocycles. The number of hydrogen-bond acceptors (Lipinski definition) is 10. The van der Waals surface area contributed by atoms with Crippen molar-refractivity contribution in [3.63, 3.8) is 0 Å². The van der Waals surface area contributed by atoms with E-state index in [2.05, 4.69) is 65.8 Å². The molecular formula is C42H48O4S6. The molecule has 0 aliphatic carbocycles. The molecule has 0 radical (unpaired) electrons. The molecule has 0 N–H and O–H groups in total. The van der Waals surface area contributed by atoms with Crippen molar-refractivity contribution in [2.45, 2.75) is 92.9 Å². The summed E-state index contributed by atoms with van der Waals surface area (Å²) in [4.78, 5) is 32.1. The lowest BCUT2D eigenvalue weighted by Crippen LogP contribution is -2.12. The molecule has 6 aromatic rings. The smallest absolute Gasteiger partial charge is 0.330 e. The topological polar surface area (TPSA) is 52.6 Å². The minimum atomic E-state index is -0.261. The van der Waals surface area contributed by atoms with Crippen LogP contribution >= 0.6 is 68.0 Å². The van der Waals surface area contributed by atoms with Crippen molar-refractivity contribution in [3.05, 3.63) is 57.3 Å². The van der Waals surface area contributed by atoms with Crippen LogP contribution in [0, 0.1) is 25.7 Å². The largest absolute Gasteiger partial charge is 0.462 e. The van der Waals surface area contributed by atoms with Gasteiger partial charge in [0.15, 0.2) is 0 Å². The van der Waals surface area contributed by atoms with Crippen molar-refractivity contribution in [2.24, 2.45) is 11.8 Å². The fourth-order valence-electron chi connectivity index (χ4n) is 6.33. The molecule has 2 unspecified atom stereocenters. The summed E-state index contributed by atoms with van der Waals surface area (Å²) in [5.41, 5.74) is 2.67. The van der Waals surface area contributed by atoms with E-state index in [4.69, 9.17) is 9.47 Å². The molecule has 4 nitrogen and oxygen atoms in total. The number of unbranched alkanes of at least 4 members (excludes halogenated alkanes) is 2. The number of thiophene rings is 6. The highest BCUT2D eigenvalue weighted by Crippen LogP contribution is 2.55. The first-order chi connectivity index (χ1) is 25.2. The summed E-state index contributed by atoms with van der Waals surface area (Å²) in [6.45, 7) is 14.2. The molecule has 2 atom stereocenters. The van der Waals surface area contributed by atoms with Gasteiger partial charge in [-0.15, -0.1) is 68.0 Å². The van der Waals surface area contributed by atoms with Gasteiger partial charge in [-0.2, -0.15) is 0 Å². The number of carbonyl (C=O) groups excluding carboxylic acids is 2. The number of ether oxygens (including phenoxy) is 2. The van der Waals surface area contributed by atoms with Crippen LogP contribution in [0.2, 0.25) is 0 Å². The second kappa shape index (κ2) is 18.2. The van der Waals surface area contributed by atoms with Crippen LogP contribution in [0.5, 0.6) is 0 Å². The van der Waals surface area contributed by atoms with Gasteiger partial charge in [0.05, 0.1) is 41.4 Å². The second-order valence-electron chi connectivity index (χ2n) is 13.5. The zero-order valence-electron chi connectivity index (χ0n) is 30.9. The number of carbonyl (C=O) groups is 2. The maximum atomic E-state index is 12.4. The molecule has 0 amide bonds. The highest BCUT2D eigenvalue weighted by molar-refractivity contribution is 7.46. The van der Waals surface area contributed by atoms with Crippen molar-refractivity contribution in [2.75, 3.05) is 13.2 Å². The van der Waals surface area contributed by atoms with Gasteiger partial charge < -0.3 is 9.47 Å². The predicted octanol–water partition coefficient (Wildman–Crippen LogP) is 15.0. The van der Waals surface area contributed by atoms with Crippen molar-refractivity contribution in [3.8, 4) is 19.5 Å². The Morgan fingerprint density at radius 3 is 1.37 bits per heavy atom. The fourth-order valence-corrected chi connectivity index (χ4v) is 14.5. The SMILES string of the molecule is CCCCC(CC)COC(=O)/C=C/c1ccc(-c2sc3c(sc4c5sc(-c6ccc(/C=C/C(=O)OCC(CC)CCCC)s6)c(C)c5sc34)c2C)s1. The lowest BCUT2D eigenvalue weighted by molar-refractivity contribution is -0.140. The van der Waals surface area contributed by atoms with E-state index in [0.29, 0.717) is 25.0 Å². The molecule has 0 aliphatic heterocycles. The van der Waals surface area contributed by atoms with Crippen LogP contribution in [-0.2, 0) is 19.1 Å². The number of hydrogen-bond donors (Lipinski definition) is 0. The number of fused-ring (bicyclic) bond motifs is 5. The van der Waals surface area contributed by atoms with Gasteiger partial charge in [-0.25, -0.2) is 9.59 Å². The molecule has 0 aromatic carbocycles. The number of rotatable bonds is 18. The predicted molar refractivity (Wildman–Crippen MR) is 233 cm³/mol. The first-order valence-electron chi connectivity index (χ1n) is 18.5. The van der Waals surface area contributed by atoms with Gasteiger partial charge in [-0.1, -0.05) is 66.2 Å². The Morgan fingerprint density at radius 1 is 0.577 bits per heavy atom. The van der Waals surface area contributed by atoms with E-state index in [9.17, 15) is 9.59 Å². The Balaban J connectivity index is 1.14. The van der Waals surface area contributed by atoms with E-state index in [0.717, 1.165) is 35.4 Å². The normalized spacial score (nSPS) is 13.4. The van der Waals surface area contributed by atoms with Gasteiger partial charge in [0.25, 0.3) is 0 Å². The molecule has 0 saturated heterocycles. The highest BCUT2D eigenvalue weighted by Gasteiger charge is 2.23. The van der Waals surface area contributed by atoms with Gasteiger partial charge in [0, 0.05) is 41.4 Å². The minimum Gasteiger partial charge on any atom is -0.462 e. The van der Waals surface area contributed by atoms with Crippen LogP contribution in [0.25, 0.3) is 59.9 Å². The highest BCUT2D eigenvalue weighted by atomic mass is 32.1. The molecular weight excluding hydrogens is 761 g/mol. The van der Waals surface area contributed by atoms with Crippen molar-refractivity contribution in [1.29, 1.82) is 0 Å². The lowest BCUT2D eigenvalue weighted by atomic mass is 10.0. The van der Waals surface area contributed by atoms with Crippen LogP contribution in [0.15, 0.2) is 36.4 Å². The average molecular weight is 809 g/mol. The molecule has 0 spiro atoms. The first kappa shape index (κ1) is 39.1. The summed E-state index contributed by atoms with van der Waals surface area (Å²) >= 11 is 11.1. The third kappa shape index (κ3) is 8.85. The minimum absolute atomic E-state index is 0.261. The van der Waals surface area contributed by atoms with Crippen LogP contribution in [0.1, 0.15) is 99.9 Å². The summed E-state index contributed by atoms with van der Waals surface area (Å²) in [6.07, 6.45) is 15.9. The van der Waals surface area contributed by atoms with E-state index >= 15 is 0 Å². The number of esters is 2. The second-order valence-corrected chi connectivity index (χ2v) is 19.8. The van der Waals surface area contributed by atoms with Crippen molar-refractivity contribution >= 4 is 120 Å². The Kier molecular flexibility index (Phi) is 13.7. The quantitative estimate of drug-likeness (QED) is 0.0641. The molecule has 6 aromatic heterocycles. The van der Waals surface area contributed by atoms with E-state index in [-0.39, 0.29) is 11.9 Å². The van der Waals surface area contributed by atoms with Gasteiger partial charge in [0.2, 0.25) is 0 Å². The maximum Gasteiger partial charge on any atom is 0.330 e. The van der Waals surface area contributed by atoms with Crippen LogP contribution in [0.3, 0.4) is 0 Å². The van der Waals surface area contributed by atoms with Gasteiger partial charge in [0.1, 0.15) is 0 Å². The summed E-state index contributed by atoms with van der Waals surface area (Å²) < 4.78 is 19.4. The summed E-state index contributed by atoms with van der Waals surface area (Å²) in [7, 11) is 0. The zero-order chi connectivity index (χ0) is 36.8. The first-order valence-corrected chi connectivity index (χ1v) is 23.4. The molecule has 52 heavy (non-hydrogen) atoms. The lowest BCUT2D eigenvalue weighted by Gasteiger charge is -2.13. The third-order valence-electron chi connectivity index (χ3n) is 9.69. The van der Waals surface area contributed by atoms with Gasteiger partial charge >= 0.3 is 11.9 Å². The monoisotopic (exact) mass is 808 g/mol. The van der Waals surface area contributed by atoms with E-state index in [1.807, 2.05) is 57.5 Å². The Bertz CT molecular complexity index is 2040.